The van der Waals surface area contributed by atoms with E-state index in [-0.39, 0.29) is 41.8 Å². The zero-order chi connectivity index (χ0) is 27.6. The molecule has 6 nitrogen and oxygen atoms in total. The Morgan fingerprint density at radius 3 is 2.72 bits per heavy atom. The number of allylic oxidation sites excluding steroid dienone is 1. The molecule has 1 amide bonds. The number of aromatic nitrogens is 2. The molecule has 0 radical (unpaired) electrons. The number of amides is 1. The Kier molecular flexibility index (Phi) is 6.45. The average Bonchev–Trinajstić information content (AvgIpc) is 3.27. The molecule has 0 spiro atoms. The van der Waals surface area contributed by atoms with Crippen LogP contribution in [0.2, 0.25) is 0 Å². The summed E-state index contributed by atoms with van der Waals surface area (Å²) in [5.41, 5.74) is 7.11. The highest BCUT2D eigenvalue weighted by Gasteiger charge is 2.39. The third-order valence-electron chi connectivity index (χ3n) is 9.42. The summed E-state index contributed by atoms with van der Waals surface area (Å²) in [6.45, 7) is 8.50. The van der Waals surface area contributed by atoms with E-state index in [0.717, 1.165) is 65.4 Å². The minimum atomic E-state index is -0.266. The topological polar surface area (TPSA) is 64.4 Å². The summed E-state index contributed by atoms with van der Waals surface area (Å²) < 4.78 is 22.4. The summed E-state index contributed by atoms with van der Waals surface area (Å²) in [7, 11) is 3.51. The van der Waals surface area contributed by atoms with Crippen molar-refractivity contribution in [2.24, 2.45) is 5.92 Å². The lowest BCUT2D eigenvalue weighted by Gasteiger charge is -2.38. The second-order valence-corrected chi connectivity index (χ2v) is 11.4. The summed E-state index contributed by atoms with van der Waals surface area (Å²) in [4.78, 5) is 34.3. The van der Waals surface area contributed by atoms with Crippen LogP contribution < -0.4 is 5.56 Å². The van der Waals surface area contributed by atoms with E-state index in [1.54, 1.807) is 11.7 Å². The fourth-order valence-corrected chi connectivity index (χ4v) is 6.96. The third-order valence-corrected chi connectivity index (χ3v) is 9.42. The van der Waals surface area contributed by atoms with Crippen molar-refractivity contribution >= 4 is 16.8 Å². The van der Waals surface area contributed by atoms with E-state index in [2.05, 4.69) is 19.6 Å². The van der Waals surface area contributed by atoms with E-state index in [1.165, 1.54) is 6.07 Å². The van der Waals surface area contributed by atoms with E-state index in [1.807, 2.05) is 24.9 Å². The van der Waals surface area contributed by atoms with Crippen molar-refractivity contribution in [2.75, 3.05) is 14.2 Å². The van der Waals surface area contributed by atoms with Crippen molar-refractivity contribution in [3.63, 3.8) is 0 Å². The number of carbonyl (C=O) groups excluding carboxylic acids is 1. The van der Waals surface area contributed by atoms with Crippen molar-refractivity contribution in [1.29, 1.82) is 0 Å². The Hall–Kier alpha value is -3.32. The van der Waals surface area contributed by atoms with Crippen LogP contribution in [-0.2, 0) is 29.1 Å². The van der Waals surface area contributed by atoms with E-state index in [0.29, 0.717) is 35.3 Å². The first kappa shape index (κ1) is 25.9. The molecule has 0 bridgehead atoms. The number of ether oxygens (including phenoxy) is 1. The second kappa shape index (κ2) is 9.70. The van der Waals surface area contributed by atoms with Gasteiger partial charge in [-0.15, -0.1) is 6.58 Å². The summed E-state index contributed by atoms with van der Waals surface area (Å²) in [5.74, 6) is 0.00158. The highest BCUT2D eigenvalue weighted by molar-refractivity contribution is 5.93. The highest BCUT2D eigenvalue weighted by atomic mass is 19.1. The molecule has 1 aliphatic heterocycles. The molecule has 2 aliphatic carbocycles. The molecule has 1 aromatic carbocycles. The molecule has 3 aliphatic rings. The summed E-state index contributed by atoms with van der Waals surface area (Å²) in [5, 5.41) is 0.952. The number of rotatable bonds is 7. The third kappa shape index (κ3) is 3.80. The van der Waals surface area contributed by atoms with Gasteiger partial charge in [-0.05, 0) is 67.3 Å². The number of aryl methyl sites for hydroxylation is 1. The molecule has 7 heteroatoms. The predicted octanol–water partition coefficient (Wildman–Crippen LogP) is 5.94. The number of carbonyl (C=O) groups is 1. The van der Waals surface area contributed by atoms with Crippen molar-refractivity contribution in [3.8, 4) is 11.4 Å². The molecular formula is C32H36FN3O3. The zero-order valence-electron chi connectivity index (χ0n) is 23.3. The van der Waals surface area contributed by atoms with Gasteiger partial charge in [-0.3, -0.25) is 9.59 Å². The summed E-state index contributed by atoms with van der Waals surface area (Å²) in [6.07, 6.45) is 7.06. The summed E-state index contributed by atoms with van der Waals surface area (Å²) >= 11 is 0. The molecule has 2 atom stereocenters. The summed E-state index contributed by atoms with van der Waals surface area (Å²) in [6, 6.07) is 3.43. The van der Waals surface area contributed by atoms with Crippen LogP contribution in [0.1, 0.15) is 84.4 Å². The van der Waals surface area contributed by atoms with Crippen LogP contribution in [0, 0.1) is 18.7 Å². The van der Waals surface area contributed by atoms with Crippen LogP contribution >= 0.6 is 0 Å². The van der Waals surface area contributed by atoms with Crippen molar-refractivity contribution in [3.05, 3.63) is 74.3 Å². The van der Waals surface area contributed by atoms with Gasteiger partial charge in [0.05, 0.1) is 36.1 Å². The van der Waals surface area contributed by atoms with Crippen LogP contribution in [0.25, 0.3) is 22.3 Å². The largest absolute Gasteiger partial charge is 0.380 e. The molecule has 2 unspecified atom stereocenters. The Labute approximate surface area is 228 Å². The SMILES string of the molecule is C=CC(CC)c1cc2n(c(=O)c1COC)Cc1c-2nc2cc(F)c(C)c3c2c1C(N(C)C(=O)C1CCC1)CC3. The van der Waals surface area contributed by atoms with Crippen molar-refractivity contribution in [1.82, 2.24) is 14.5 Å². The van der Waals surface area contributed by atoms with Gasteiger partial charge in [-0.1, -0.05) is 19.4 Å². The van der Waals surface area contributed by atoms with Crippen LogP contribution in [0.4, 0.5) is 4.39 Å². The Morgan fingerprint density at radius 2 is 2.08 bits per heavy atom. The van der Waals surface area contributed by atoms with Gasteiger partial charge in [0.2, 0.25) is 5.91 Å². The predicted molar refractivity (Wildman–Crippen MR) is 150 cm³/mol. The first-order valence-electron chi connectivity index (χ1n) is 14.1. The molecule has 6 rings (SSSR count). The molecule has 39 heavy (non-hydrogen) atoms. The first-order chi connectivity index (χ1) is 18.8. The van der Waals surface area contributed by atoms with Gasteiger partial charge in [-0.25, -0.2) is 9.37 Å². The fourth-order valence-electron chi connectivity index (χ4n) is 6.96. The average molecular weight is 530 g/mol. The van der Waals surface area contributed by atoms with E-state index < -0.39 is 0 Å². The molecule has 1 fully saturated rings. The smallest absolute Gasteiger partial charge is 0.257 e. The minimum Gasteiger partial charge on any atom is -0.380 e. The van der Waals surface area contributed by atoms with Gasteiger partial charge in [0, 0.05) is 48.6 Å². The number of pyridine rings is 2. The van der Waals surface area contributed by atoms with Gasteiger partial charge >= 0.3 is 0 Å². The standard InChI is InChI=1S/C32H36FN3O3/c1-6-18(7-2)21-13-27-30-22(15-36(27)32(38)23(21)16-39-5)29-26(35(4)31(37)19-9-8-10-19)12-11-20-17(3)24(33)14-25(34-30)28(20)29/h6,13-14,18-19,26H,1,7-12,15-16H2,2-5H3. The maximum absolute atomic E-state index is 15.1. The molecule has 0 N–H and O–H groups in total. The number of fused-ring (bicyclic) bond motifs is 4. The molecular weight excluding hydrogens is 493 g/mol. The van der Waals surface area contributed by atoms with Crippen LogP contribution in [0.15, 0.2) is 29.6 Å². The number of benzene rings is 1. The van der Waals surface area contributed by atoms with Crippen LogP contribution in [0.3, 0.4) is 0 Å². The van der Waals surface area contributed by atoms with E-state index in [9.17, 15) is 9.59 Å². The number of halogens is 1. The molecule has 204 valence electrons. The Morgan fingerprint density at radius 1 is 1.31 bits per heavy atom. The van der Waals surface area contributed by atoms with Gasteiger partial charge < -0.3 is 14.2 Å². The maximum Gasteiger partial charge on any atom is 0.257 e. The number of methoxy groups -OCH3 is 1. The van der Waals surface area contributed by atoms with Gasteiger partial charge in [-0.2, -0.15) is 0 Å². The molecule has 3 aromatic rings. The first-order valence-corrected chi connectivity index (χ1v) is 14.1. The number of hydrogen-bond donors (Lipinski definition) is 0. The fraction of sp³-hybridized carbons (Fsp3) is 0.469. The normalized spacial score (nSPS) is 18.4. The van der Waals surface area contributed by atoms with Gasteiger partial charge in [0.15, 0.2) is 0 Å². The molecule has 1 saturated carbocycles. The van der Waals surface area contributed by atoms with Crippen molar-refractivity contribution < 1.29 is 13.9 Å². The molecule has 2 aromatic heterocycles. The molecule has 3 heterocycles. The Balaban J connectivity index is 1.62. The lowest BCUT2D eigenvalue weighted by molar-refractivity contribution is -0.139. The lowest BCUT2D eigenvalue weighted by Crippen LogP contribution is -2.40. The van der Waals surface area contributed by atoms with Gasteiger partial charge in [0.25, 0.3) is 5.56 Å². The maximum atomic E-state index is 15.1. The quantitative estimate of drug-likeness (QED) is 0.278. The van der Waals surface area contributed by atoms with Crippen LogP contribution in [-0.4, -0.2) is 34.5 Å². The zero-order valence-corrected chi connectivity index (χ0v) is 23.3. The number of nitrogens with zero attached hydrogens (tertiary/aromatic N) is 3. The second-order valence-electron chi connectivity index (χ2n) is 11.4. The lowest BCUT2D eigenvalue weighted by atomic mass is 9.79. The van der Waals surface area contributed by atoms with E-state index in [4.69, 9.17) is 9.72 Å². The minimum absolute atomic E-state index is 0.00212. The Bertz CT molecular complexity index is 1590. The van der Waals surface area contributed by atoms with Crippen LogP contribution in [0.5, 0.6) is 0 Å². The molecule has 0 saturated heterocycles. The monoisotopic (exact) mass is 529 g/mol. The van der Waals surface area contributed by atoms with Gasteiger partial charge in [0.1, 0.15) is 5.82 Å². The highest BCUT2D eigenvalue weighted by Crippen LogP contribution is 2.47. The number of hydrogen-bond acceptors (Lipinski definition) is 4. The van der Waals surface area contributed by atoms with E-state index >= 15 is 4.39 Å². The van der Waals surface area contributed by atoms with Crippen molar-refractivity contribution in [2.45, 2.75) is 77.5 Å².